The van der Waals surface area contributed by atoms with Gasteiger partial charge in [-0.15, -0.1) is 0 Å². The van der Waals surface area contributed by atoms with Gasteiger partial charge in [0.15, 0.2) is 0 Å². The van der Waals surface area contributed by atoms with Crippen molar-refractivity contribution in [2.45, 2.75) is 13.5 Å². The van der Waals surface area contributed by atoms with Crippen LogP contribution in [0.3, 0.4) is 0 Å². The van der Waals surface area contributed by atoms with Crippen LogP contribution in [0, 0.1) is 0 Å². The first-order valence-electron chi connectivity index (χ1n) is 6.15. The summed E-state index contributed by atoms with van der Waals surface area (Å²) in [6, 6.07) is 7.73. The van der Waals surface area contributed by atoms with E-state index in [-0.39, 0.29) is 0 Å². The molecular formula is C14H14N4O. The topological polar surface area (TPSA) is 52.8 Å². The maximum absolute atomic E-state index is 5.07. The SMILES string of the molecule is CCn1nc(-c2ccc(OC)nc2)c2ncccc21. The van der Waals surface area contributed by atoms with E-state index < -0.39 is 0 Å². The summed E-state index contributed by atoms with van der Waals surface area (Å²) in [5.41, 5.74) is 3.73. The predicted molar refractivity (Wildman–Crippen MR) is 73.0 cm³/mol. The highest BCUT2D eigenvalue weighted by atomic mass is 16.5. The zero-order chi connectivity index (χ0) is 13.2. The van der Waals surface area contributed by atoms with Gasteiger partial charge in [0.05, 0.1) is 12.6 Å². The van der Waals surface area contributed by atoms with Crippen molar-refractivity contribution in [1.82, 2.24) is 19.7 Å². The lowest BCUT2D eigenvalue weighted by Crippen LogP contribution is -1.95. The summed E-state index contributed by atoms with van der Waals surface area (Å²) in [7, 11) is 1.60. The second kappa shape index (κ2) is 4.68. The summed E-state index contributed by atoms with van der Waals surface area (Å²) in [5, 5.41) is 4.61. The van der Waals surface area contributed by atoms with Crippen molar-refractivity contribution in [2.24, 2.45) is 0 Å². The van der Waals surface area contributed by atoms with E-state index in [2.05, 4.69) is 22.0 Å². The Kier molecular flexibility index (Phi) is 2.87. The largest absolute Gasteiger partial charge is 0.481 e. The van der Waals surface area contributed by atoms with E-state index in [0.717, 1.165) is 28.8 Å². The number of rotatable bonds is 3. The van der Waals surface area contributed by atoms with Crippen molar-refractivity contribution in [3.05, 3.63) is 36.7 Å². The number of pyridine rings is 2. The van der Waals surface area contributed by atoms with Crippen LogP contribution < -0.4 is 4.74 Å². The van der Waals surface area contributed by atoms with Crippen LogP contribution in [0.4, 0.5) is 0 Å². The summed E-state index contributed by atoms with van der Waals surface area (Å²) in [6.45, 7) is 2.88. The van der Waals surface area contributed by atoms with Gasteiger partial charge in [0.25, 0.3) is 0 Å². The van der Waals surface area contributed by atoms with Crippen LogP contribution in [0.25, 0.3) is 22.3 Å². The second-order valence-electron chi connectivity index (χ2n) is 4.12. The number of ether oxygens (including phenoxy) is 1. The third-order valence-corrected chi connectivity index (χ3v) is 3.03. The molecule has 0 unspecified atom stereocenters. The monoisotopic (exact) mass is 254 g/mol. The first kappa shape index (κ1) is 11.6. The molecule has 0 aliphatic heterocycles. The average molecular weight is 254 g/mol. The van der Waals surface area contributed by atoms with E-state index in [1.165, 1.54) is 0 Å². The van der Waals surface area contributed by atoms with E-state index >= 15 is 0 Å². The Balaban J connectivity index is 2.18. The van der Waals surface area contributed by atoms with Gasteiger partial charge >= 0.3 is 0 Å². The molecule has 0 aromatic carbocycles. The highest BCUT2D eigenvalue weighted by Gasteiger charge is 2.12. The molecule has 0 aliphatic carbocycles. The quantitative estimate of drug-likeness (QED) is 0.720. The Labute approximate surface area is 110 Å². The van der Waals surface area contributed by atoms with Gasteiger partial charge < -0.3 is 4.74 Å². The van der Waals surface area contributed by atoms with Crippen molar-refractivity contribution >= 4 is 11.0 Å². The third kappa shape index (κ3) is 1.93. The smallest absolute Gasteiger partial charge is 0.212 e. The number of nitrogens with zero attached hydrogens (tertiary/aromatic N) is 4. The molecule has 0 fully saturated rings. The Bertz CT molecular complexity index is 703. The summed E-state index contributed by atoms with van der Waals surface area (Å²) >= 11 is 0. The van der Waals surface area contributed by atoms with Crippen LogP contribution >= 0.6 is 0 Å². The van der Waals surface area contributed by atoms with E-state index in [9.17, 15) is 0 Å². The number of methoxy groups -OCH3 is 1. The molecule has 3 aromatic rings. The molecule has 0 radical (unpaired) electrons. The molecule has 19 heavy (non-hydrogen) atoms. The van der Waals surface area contributed by atoms with Crippen LogP contribution in [0.2, 0.25) is 0 Å². The van der Waals surface area contributed by atoms with Gasteiger partial charge in [0.2, 0.25) is 5.88 Å². The zero-order valence-corrected chi connectivity index (χ0v) is 10.9. The van der Waals surface area contributed by atoms with Gasteiger partial charge in [0.1, 0.15) is 11.2 Å². The third-order valence-electron chi connectivity index (χ3n) is 3.03. The van der Waals surface area contributed by atoms with Crippen LogP contribution in [-0.2, 0) is 6.54 Å². The molecule has 0 atom stereocenters. The fourth-order valence-corrected chi connectivity index (χ4v) is 2.09. The Morgan fingerprint density at radius 1 is 1.21 bits per heavy atom. The molecule has 3 rings (SSSR count). The lowest BCUT2D eigenvalue weighted by atomic mass is 10.2. The summed E-state index contributed by atoms with van der Waals surface area (Å²) in [5.74, 6) is 0.593. The molecule has 5 nitrogen and oxygen atoms in total. The van der Waals surface area contributed by atoms with Gasteiger partial charge in [-0.2, -0.15) is 5.10 Å². The van der Waals surface area contributed by atoms with Gasteiger partial charge in [0, 0.05) is 30.6 Å². The van der Waals surface area contributed by atoms with Crippen LogP contribution in [0.5, 0.6) is 5.88 Å². The Morgan fingerprint density at radius 2 is 2.11 bits per heavy atom. The van der Waals surface area contributed by atoms with Crippen molar-refractivity contribution < 1.29 is 4.74 Å². The van der Waals surface area contributed by atoms with Crippen molar-refractivity contribution in [3.8, 4) is 17.1 Å². The van der Waals surface area contributed by atoms with Crippen LogP contribution in [0.15, 0.2) is 36.7 Å². The average Bonchev–Trinajstić information content (AvgIpc) is 2.86. The standard InChI is InChI=1S/C14H14N4O/c1-3-18-11-5-4-8-15-14(11)13(17-18)10-6-7-12(19-2)16-9-10/h4-9H,3H2,1-2H3. The van der Waals surface area contributed by atoms with Gasteiger partial charge in [-0.05, 0) is 25.1 Å². The molecule has 0 spiro atoms. The molecule has 0 aliphatic rings. The predicted octanol–water partition coefficient (Wildman–Crippen LogP) is 2.52. The van der Waals surface area contributed by atoms with Crippen LogP contribution in [0.1, 0.15) is 6.92 Å². The summed E-state index contributed by atoms with van der Waals surface area (Å²) in [4.78, 5) is 8.64. The maximum atomic E-state index is 5.07. The molecule has 0 N–H and O–H groups in total. The summed E-state index contributed by atoms with van der Waals surface area (Å²) < 4.78 is 7.01. The highest BCUT2D eigenvalue weighted by molar-refractivity contribution is 5.89. The van der Waals surface area contributed by atoms with Gasteiger partial charge in [-0.1, -0.05) is 0 Å². The number of hydrogen-bond donors (Lipinski definition) is 0. The summed E-state index contributed by atoms with van der Waals surface area (Å²) in [6.07, 6.45) is 3.54. The van der Waals surface area contributed by atoms with Crippen LogP contribution in [-0.4, -0.2) is 26.9 Å². The van der Waals surface area contributed by atoms with Crippen molar-refractivity contribution in [2.75, 3.05) is 7.11 Å². The van der Waals surface area contributed by atoms with E-state index in [0.29, 0.717) is 5.88 Å². The molecule has 0 saturated heterocycles. The number of aromatic nitrogens is 4. The normalized spacial score (nSPS) is 10.8. The maximum Gasteiger partial charge on any atom is 0.212 e. The van der Waals surface area contributed by atoms with Crippen molar-refractivity contribution in [1.29, 1.82) is 0 Å². The lowest BCUT2D eigenvalue weighted by Gasteiger charge is -1.99. The fraction of sp³-hybridized carbons (Fsp3) is 0.214. The molecule has 96 valence electrons. The number of aryl methyl sites for hydroxylation is 1. The number of fused-ring (bicyclic) bond motifs is 1. The first-order valence-corrected chi connectivity index (χ1v) is 6.15. The van der Waals surface area contributed by atoms with Gasteiger partial charge in [-0.3, -0.25) is 9.67 Å². The second-order valence-corrected chi connectivity index (χ2v) is 4.12. The minimum Gasteiger partial charge on any atom is -0.481 e. The molecule has 3 aromatic heterocycles. The van der Waals surface area contributed by atoms with E-state index in [1.807, 2.05) is 28.9 Å². The molecular weight excluding hydrogens is 240 g/mol. The Morgan fingerprint density at radius 3 is 2.79 bits per heavy atom. The van der Waals surface area contributed by atoms with E-state index in [1.54, 1.807) is 19.5 Å². The molecule has 0 saturated carbocycles. The zero-order valence-electron chi connectivity index (χ0n) is 10.9. The Hall–Kier alpha value is -2.43. The first-order chi connectivity index (χ1) is 9.33. The molecule has 0 amide bonds. The molecule has 5 heteroatoms. The van der Waals surface area contributed by atoms with Crippen molar-refractivity contribution in [3.63, 3.8) is 0 Å². The molecule has 3 heterocycles. The lowest BCUT2D eigenvalue weighted by molar-refractivity contribution is 0.398. The van der Waals surface area contributed by atoms with E-state index in [4.69, 9.17) is 4.74 Å². The minimum atomic E-state index is 0.593. The van der Waals surface area contributed by atoms with Gasteiger partial charge in [-0.25, -0.2) is 4.98 Å². The minimum absolute atomic E-state index is 0.593. The number of hydrogen-bond acceptors (Lipinski definition) is 4. The fourth-order valence-electron chi connectivity index (χ4n) is 2.09. The highest BCUT2D eigenvalue weighted by Crippen LogP contribution is 2.26. The molecule has 0 bridgehead atoms.